The molecule has 0 unspecified atom stereocenters. The van der Waals surface area contributed by atoms with Gasteiger partial charge in [0, 0.05) is 13.0 Å². The van der Waals surface area contributed by atoms with Crippen molar-refractivity contribution in [1.29, 1.82) is 0 Å². The van der Waals surface area contributed by atoms with Crippen molar-refractivity contribution in [2.45, 2.75) is 123 Å². The number of hydrogen-bond acceptors (Lipinski definition) is 9. The Hall–Kier alpha value is -4.48. The van der Waals surface area contributed by atoms with Crippen LogP contribution in [0.1, 0.15) is 87.0 Å². The van der Waals surface area contributed by atoms with E-state index in [4.69, 9.17) is 22.9 Å². The van der Waals surface area contributed by atoms with Crippen LogP contribution < -0.4 is 49.5 Å². The van der Waals surface area contributed by atoms with Crippen LogP contribution in [0.2, 0.25) is 0 Å². The van der Waals surface area contributed by atoms with E-state index in [2.05, 4.69) is 31.6 Å². The first-order valence-corrected chi connectivity index (χ1v) is 16.5. The van der Waals surface area contributed by atoms with Crippen molar-refractivity contribution in [1.82, 2.24) is 26.6 Å². The molecule has 0 saturated heterocycles. The number of nitrogens with two attached hydrogens (primary N) is 4. The van der Waals surface area contributed by atoms with Gasteiger partial charge >= 0.3 is 5.97 Å². The molecule has 0 aliphatic carbocycles. The summed E-state index contributed by atoms with van der Waals surface area (Å²) in [6, 6.07) is -6.93. The summed E-state index contributed by atoms with van der Waals surface area (Å²) in [5, 5.41) is 22.2. The highest BCUT2D eigenvalue weighted by molar-refractivity contribution is 5.96. The number of hydrogen-bond donors (Lipinski definition) is 10. The van der Waals surface area contributed by atoms with E-state index in [-0.39, 0.29) is 50.0 Å². The molecule has 0 aliphatic rings. The summed E-state index contributed by atoms with van der Waals surface area (Å²) in [7, 11) is 0. The van der Waals surface area contributed by atoms with Gasteiger partial charge in [-0.15, -0.1) is 0 Å². The Morgan fingerprint density at radius 3 is 1.71 bits per heavy atom. The molecule has 18 heteroatoms. The fourth-order valence-electron chi connectivity index (χ4n) is 4.61. The van der Waals surface area contributed by atoms with Crippen molar-refractivity contribution in [2.75, 3.05) is 6.54 Å². The lowest BCUT2D eigenvalue weighted by molar-refractivity contribution is -0.144. The minimum atomic E-state index is -1.35. The zero-order chi connectivity index (χ0) is 38.0. The number of nitrogens with zero attached hydrogens (tertiary/aromatic N) is 1. The zero-order valence-corrected chi connectivity index (χ0v) is 29.7. The third kappa shape index (κ3) is 17.5. The molecule has 0 heterocycles. The van der Waals surface area contributed by atoms with E-state index < -0.39 is 83.6 Å². The molecule has 0 radical (unpaired) electrons. The van der Waals surface area contributed by atoms with Gasteiger partial charge in [-0.3, -0.25) is 33.8 Å². The number of carboxylic acid groups (broad SMARTS) is 1. The highest BCUT2D eigenvalue weighted by Gasteiger charge is 2.33. The largest absolute Gasteiger partial charge is 0.480 e. The number of carbonyl (C=O) groups is 7. The lowest BCUT2D eigenvalue weighted by Gasteiger charge is -2.27. The number of aliphatic carboxylic acids is 1. The molecule has 0 aromatic rings. The van der Waals surface area contributed by atoms with E-state index in [0.29, 0.717) is 12.8 Å². The third-order valence-corrected chi connectivity index (χ3v) is 7.73. The predicted molar refractivity (Wildman–Crippen MR) is 183 cm³/mol. The van der Waals surface area contributed by atoms with E-state index in [1.165, 1.54) is 6.92 Å². The second kappa shape index (κ2) is 22.2. The Morgan fingerprint density at radius 1 is 0.694 bits per heavy atom. The van der Waals surface area contributed by atoms with E-state index in [1.54, 1.807) is 27.7 Å². The highest BCUT2D eigenvalue weighted by Crippen LogP contribution is 2.11. The van der Waals surface area contributed by atoms with Crippen LogP contribution >= 0.6 is 0 Å². The third-order valence-electron chi connectivity index (χ3n) is 7.73. The van der Waals surface area contributed by atoms with Crippen LogP contribution in [0.15, 0.2) is 4.99 Å². The molecule has 0 aliphatic heterocycles. The number of primary amides is 1. The van der Waals surface area contributed by atoms with Crippen LogP contribution in [0.25, 0.3) is 0 Å². The van der Waals surface area contributed by atoms with Gasteiger partial charge in [0.25, 0.3) is 0 Å². The summed E-state index contributed by atoms with van der Waals surface area (Å²) < 4.78 is 0. The summed E-state index contributed by atoms with van der Waals surface area (Å²) in [4.78, 5) is 92.8. The molecule has 0 aromatic carbocycles. The smallest absolute Gasteiger partial charge is 0.326 e. The van der Waals surface area contributed by atoms with Crippen LogP contribution in [-0.4, -0.2) is 95.3 Å². The second-order valence-corrected chi connectivity index (χ2v) is 13.0. The molecule has 0 fully saturated rings. The molecular formula is C31H58N10O8. The van der Waals surface area contributed by atoms with E-state index in [9.17, 15) is 38.7 Å². The summed E-state index contributed by atoms with van der Waals surface area (Å²) in [6.07, 6.45) is 0.623. The quantitative estimate of drug-likeness (QED) is 0.0313. The van der Waals surface area contributed by atoms with Crippen molar-refractivity contribution < 1.29 is 38.7 Å². The fourth-order valence-corrected chi connectivity index (χ4v) is 4.61. The Balaban J connectivity index is 5.94. The monoisotopic (exact) mass is 698 g/mol. The van der Waals surface area contributed by atoms with Crippen molar-refractivity contribution in [2.24, 2.45) is 45.7 Å². The van der Waals surface area contributed by atoms with Gasteiger partial charge < -0.3 is 54.6 Å². The van der Waals surface area contributed by atoms with Gasteiger partial charge in [0.05, 0.1) is 6.04 Å². The van der Waals surface area contributed by atoms with Gasteiger partial charge in [0.1, 0.15) is 30.2 Å². The molecule has 0 spiro atoms. The van der Waals surface area contributed by atoms with Crippen molar-refractivity contribution in [3.8, 4) is 0 Å². The summed E-state index contributed by atoms with van der Waals surface area (Å²) in [6.45, 7) is 12.1. The molecule has 6 amide bonds. The Morgan fingerprint density at radius 2 is 1.22 bits per heavy atom. The number of amides is 6. The lowest BCUT2D eigenvalue weighted by atomic mass is 9.98. The molecule has 0 bridgehead atoms. The SMILES string of the molecule is CC[C@H](C)[C@H](NC(=O)[C@H](CCC(N)=O)NC(=O)[C@H](C)NC(=O)[C@H](CCCN=C(N)N)NC(=O)[C@@H](NC(=O)[C@@H](N)CC(C)C)C(C)C)C(=O)O. The Kier molecular flexibility index (Phi) is 20.2. The molecule has 280 valence electrons. The van der Waals surface area contributed by atoms with E-state index in [0.717, 1.165) is 0 Å². The van der Waals surface area contributed by atoms with Gasteiger partial charge in [-0.25, -0.2) is 4.79 Å². The molecule has 14 N–H and O–H groups in total. The molecular weight excluding hydrogens is 640 g/mol. The number of nitrogens with one attached hydrogen (secondary N) is 5. The first kappa shape index (κ1) is 44.5. The lowest BCUT2D eigenvalue weighted by Crippen LogP contribution is -2.59. The first-order valence-electron chi connectivity index (χ1n) is 16.5. The molecule has 0 rings (SSSR count). The summed E-state index contributed by atoms with van der Waals surface area (Å²) in [5.41, 5.74) is 22.0. The molecule has 7 atom stereocenters. The predicted octanol–water partition coefficient (Wildman–Crippen LogP) is -2.09. The van der Waals surface area contributed by atoms with E-state index in [1.807, 2.05) is 13.8 Å². The van der Waals surface area contributed by atoms with Crippen LogP contribution in [0.3, 0.4) is 0 Å². The maximum atomic E-state index is 13.4. The van der Waals surface area contributed by atoms with Crippen molar-refractivity contribution in [3.05, 3.63) is 0 Å². The van der Waals surface area contributed by atoms with Crippen LogP contribution in [0.5, 0.6) is 0 Å². The van der Waals surface area contributed by atoms with Crippen LogP contribution in [0.4, 0.5) is 0 Å². The number of rotatable bonds is 23. The Bertz CT molecular complexity index is 1180. The highest BCUT2D eigenvalue weighted by atomic mass is 16.4. The minimum Gasteiger partial charge on any atom is -0.480 e. The van der Waals surface area contributed by atoms with Crippen LogP contribution in [-0.2, 0) is 33.6 Å². The van der Waals surface area contributed by atoms with Crippen molar-refractivity contribution >= 4 is 47.4 Å². The zero-order valence-electron chi connectivity index (χ0n) is 29.7. The summed E-state index contributed by atoms with van der Waals surface area (Å²) >= 11 is 0. The average Bonchev–Trinajstić information content (AvgIpc) is 2.99. The molecule has 49 heavy (non-hydrogen) atoms. The first-order chi connectivity index (χ1) is 22.7. The molecule has 18 nitrogen and oxygen atoms in total. The van der Waals surface area contributed by atoms with E-state index >= 15 is 0 Å². The maximum absolute atomic E-state index is 13.4. The molecule has 0 aromatic heterocycles. The number of aliphatic imine (C=N–C) groups is 1. The fraction of sp³-hybridized carbons (Fsp3) is 0.742. The topological polar surface area (TPSA) is 316 Å². The second-order valence-electron chi connectivity index (χ2n) is 13.0. The van der Waals surface area contributed by atoms with Gasteiger partial charge in [0.15, 0.2) is 5.96 Å². The van der Waals surface area contributed by atoms with Gasteiger partial charge in [-0.05, 0) is 50.4 Å². The Labute approximate surface area is 288 Å². The normalized spacial score (nSPS) is 15.4. The minimum absolute atomic E-state index is 0.0458. The van der Waals surface area contributed by atoms with Crippen LogP contribution in [0, 0.1) is 17.8 Å². The average molecular weight is 699 g/mol. The van der Waals surface area contributed by atoms with Gasteiger partial charge in [-0.1, -0.05) is 48.0 Å². The van der Waals surface area contributed by atoms with Crippen molar-refractivity contribution in [3.63, 3.8) is 0 Å². The standard InChI is InChI=1S/C31H58N10O8/c1-8-17(6)24(30(48)49)41-28(46)21(11-12-22(33)42)38-25(43)18(7)37-27(45)20(10-9-13-36-31(34)35)39-29(47)23(16(4)5)40-26(44)19(32)14-15(2)3/h15-21,23-24H,8-14,32H2,1-7H3,(H2,33,42)(H,37,45)(H,38,43)(H,39,47)(H,40,44)(H,41,46)(H,48,49)(H4,34,35,36)/t17-,18-,19-,20-,21-,23-,24-/m0/s1. The van der Waals surface area contributed by atoms with Gasteiger partial charge in [-0.2, -0.15) is 0 Å². The maximum Gasteiger partial charge on any atom is 0.326 e. The van der Waals surface area contributed by atoms with Gasteiger partial charge in [0.2, 0.25) is 35.4 Å². The number of guanidine groups is 1. The summed E-state index contributed by atoms with van der Waals surface area (Å²) in [5.74, 6) is -6.46. The number of carbonyl (C=O) groups excluding carboxylic acids is 6. The molecule has 0 saturated carbocycles. The number of carboxylic acids is 1.